The standard InChI is InChI=1S/C12H20N4O/c1-2-16-7-5-9(8-16)12-14-11(15-17-12)10-4-3-6-13-10/h9-10,13H,2-8H2,1H3. The van der Waals surface area contributed by atoms with Crippen LogP contribution in [0, 0.1) is 0 Å². The summed E-state index contributed by atoms with van der Waals surface area (Å²) in [6.45, 7) is 6.60. The minimum absolute atomic E-state index is 0.316. The summed E-state index contributed by atoms with van der Waals surface area (Å²) in [5.74, 6) is 2.13. The highest BCUT2D eigenvalue weighted by molar-refractivity contribution is 5.02. The van der Waals surface area contributed by atoms with Gasteiger partial charge in [0, 0.05) is 6.54 Å². The van der Waals surface area contributed by atoms with Gasteiger partial charge in [-0.25, -0.2) is 0 Å². The van der Waals surface area contributed by atoms with Gasteiger partial charge in [0.05, 0.1) is 12.0 Å². The zero-order valence-electron chi connectivity index (χ0n) is 10.4. The van der Waals surface area contributed by atoms with E-state index in [2.05, 4.69) is 27.3 Å². The lowest BCUT2D eigenvalue weighted by atomic mass is 10.1. The number of likely N-dealkylation sites (N-methyl/N-ethyl adjacent to an activating group) is 1. The number of nitrogens with zero attached hydrogens (tertiary/aromatic N) is 3. The quantitative estimate of drug-likeness (QED) is 0.857. The third-order valence-corrected chi connectivity index (χ3v) is 3.90. The van der Waals surface area contributed by atoms with E-state index in [0.717, 1.165) is 50.7 Å². The van der Waals surface area contributed by atoms with Gasteiger partial charge < -0.3 is 14.7 Å². The van der Waals surface area contributed by atoms with Gasteiger partial charge in [-0.3, -0.25) is 0 Å². The molecule has 0 saturated carbocycles. The van der Waals surface area contributed by atoms with Crippen molar-refractivity contribution in [2.75, 3.05) is 26.2 Å². The SMILES string of the molecule is CCN1CCC(c2nc(C3CCCN3)no2)C1. The van der Waals surface area contributed by atoms with Gasteiger partial charge in [0.15, 0.2) is 5.82 Å². The summed E-state index contributed by atoms with van der Waals surface area (Å²) >= 11 is 0. The molecule has 2 atom stereocenters. The largest absolute Gasteiger partial charge is 0.339 e. The Hall–Kier alpha value is -0.940. The second-order valence-electron chi connectivity index (χ2n) is 5.02. The Morgan fingerprint density at radius 2 is 2.41 bits per heavy atom. The van der Waals surface area contributed by atoms with E-state index < -0.39 is 0 Å². The van der Waals surface area contributed by atoms with E-state index in [1.165, 1.54) is 6.42 Å². The first-order valence-electron chi connectivity index (χ1n) is 6.66. The number of hydrogen-bond acceptors (Lipinski definition) is 5. The van der Waals surface area contributed by atoms with Crippen molar-refractivity contribution < 1.29 is 4.52 Å². The first-order chi connectivity index (χ1) is 8.36. The van der Waals surface area contributed by atoms with Gasteiger partial charge in [0.25, 0.3) is 0 Å². The molecule has 0 aliphatic carbocycles. The highest BCUT2D eigenvalue weighted by Crippen LogP contribution is 2.27. The third kappa shape index (κ3) is 2.21. The van der Waals surface area contributed by atoms with Gasteiger partial charge >= 0.3 is 0 Å². The summed E-state index contributed by atoms with van der Waals surface area (Å²) in [6.07, 6.45) is 3.49. The zero-order chi connectivity index (χ0) is 11.7. The maximum absolute atomic E-state index is 5.43. The number of hydrogen-bond donors (Lipinski definition) is 1. The average molecular weight is 236 g/mol. The predicted octanol–water partition coefficient (Wildman–Crippen LogP) is 1.30. The molecule has 3 heterocycles. The van der Waals surface area contributed by atoms with Crippen LogP contribution >= 0.6 is 0 Å². The van der Waals surface area contributed by atoms with E-state index in [1.54, 1.807) is 0 Å². The first-order valence-corrected chi connectivity index (χ1v) is 6.66. The minimum Gasteiger partial charge on any atom is -0.339 e. The molecule has 0 aromatic carbocycles. The Morgan fingerprint density at radius 1 is 1.47 bits per heavy atom. The number of likely N-dealkylation sites (tertiary alicyclic amines) is 1. The van der Waals surface area contributed by atoms with Crippen molar-refractivity contribution in [3.8, 4) is 0 Å². The Bertz CT molecular complexity index is 372. The van der Waals surface area contributed by atoms with E-state index in [0.29, 0.717) is 12.0 Å². The van der Waals surface area contributed by atoms with E-state index in [4.69, 9.17) is 4.52 Å². The molecule has 2 aliphatic heterocycles. The van der Waals surface area contributed by atoms with Crippen LogP contribution in [0.3, 0.4) is 0 Å². The molecule has 0 spiro atoms. The van der Waals surface area contributed by atoms with Crippen LogP contribution in [0.25, 0.3) is 0 Å². The molecule has 1 aromatic heterocycles. The molecule has 2 saturated heterocycles. The highest BCUT2D eigenvalue weighted by atomic mass is 16.5. The number of aromatic nitrogens is 2. The maximum atomic E-state index is 5.43. The van der Waals surface area contributed by atoms with Gasteiger partial charge in [-0.05, 0) is 38.9 Å². The summed E-state index contributed by atoms with van der Waals surface area (Å²) in [5, 5.41) is 7.53. The molecule has 2 fully saturated rings. The van der Waals surface area contributed by atoms with Crippen LogP contribution in [0.1, 0.15) is 49.9 Å². The summed E-state index contributed by atoms with van der Waals surface area (Å²) in [5.41, 5.74) is 0. The lowest BCUT2D eigenvalue weighted by Gasteiger charge is -2.10. The minimum atomic E-state index is 0.316. The second-order valence-corrected chi connectivity index (χ2v) is 5.02. The van der Waals surface area contributed by atoms with Crippen LogP contribution in [-0.4, -0.2) is 41.2 Å². The smallest absolute Gasteiger partial charge is 0.231 e. The van der Waals surface area contributed by atoms with Crippen molar-refractivity contribution in [1.82, 2.24) is 20.4 Å². The van der Waals surface area contributed by atoms with Crippen molar-refractivity contribution in [2.24, 2.45) is 0 Å². The Labute approximate surface area is 102 Å². The Morgan fingerprint density at radius 3 is 3.12 bits per heavy atom. The van der Waals surface area contributed by atoms with Crippen LogP contribution in [0.15, 0.2) is 4.52 Å². The third-order valence-electron chi connectivity index (χ3n) is 3.90. The fourth-order valence-electron chi connectivity index (χ4n) is 2.78. The molecule has 17 heavy (non-hydrogen) atoms. The van der Waals surface area contributed by atoms with E-state index in [1.807, 2.05) is 0 Å². The zero-order valence-corrected chi connectivity index (χ0v) is 10.4. The van der Waals surface area contributed by atoms with Crippen molar-refractivity contribution in [3.63, 3.8) is 0 Å². The van der Waals surface area contributed by atoms with Crippen molar-refractivity contribution in [1.29, 1.82) is 0 Å². The molecule has 5 heteroatoms. The van der Waals surface area contributed by atoms with Crippen molar-refractivity contribution >= 4 is 0 Å². The number of rotatable bonds is 3. The van der Waals surface area contributed by atoms with Gasteiger partial charge in [-0.15, -0.1) is 0 Å². The second kappa shape index (κ2) is 4.74. The van der Waals surface area contributed by atoms with Gasteiger partial charge in [0.1, 0.15) is 0 Å². The molecule has 94 valence electrons. The molecule has 2 unspecified atom stereocenters. The molecule has 1 N–H and O–H groups in total. The fourth-order valence-corrected chi connectivity index (χ4v) is 2.78. The predicted molar refractivity (Wildman–Crippen MR) is 63.7 cm³/mol. The normalized spacial score (nSPS) is 30.2. The first kappa shape index (κ1) is 11.2. The molecule has 3 rings (SSSR count). The Balaban J connectivity index is 1.68. The van der Waals surface area contributed by atoms with Crippen molar-refractivity contribution in [3.05, 3.63) is 11.7 Å². The number of nitrogens with one attached hydrogen (secondary N) is 1. The summed E-state index contributed by atoms with van der Waals surface area (Å²) in [4.78, 5) is 7.01. The van der Waals surface area contributed by atoms with E-state index >= 15 is 0 Å². The molecule has 0 bridgehead atoms. The summed E-state index contributed by atoms with van der Waals surface area (Å²) in [7, 11) is 0. The average Bonchev–Trinajstić information content (AvgIpc) is 3.09. The van der Waals surface area contributed by atoms with Crippen LogP contribution in [0.5, 0.6) is 0 Å². The van der Waals surface area contributed by atoms with E-state index in [9.17, 15) is 0 Å². The molecular weight excluding hydrogens is 216 g/mol. The lowest BCUT2D eigenvalue weighted by Crippen LogP contribution is -2.19. The monoisotopic (exact) mass is 236 g/mol. The van der Waals surface area contributed by atoms with E-state index in [-0.39, 0.29) is 0 Å². The molecule has 2 aliphatic rings. The molecule has 0 amide bonds. The maximum Gasteiger partial charge on any atom is 0.231 e. The topological polar surface area (TPSA) is 54.2 Å². The fraction of sp³-hybridized carbons (Fsp3) is 0.833. The highest BCUT2D eigenvalue weighted by Gasteiger charge is 2.29. The van der Waals surface area contributed by atoms with Crippen LogP contribution in [-0.2, 0) is 0 Å². The molecule has 0 radical (unpaired) electrons. The summed E-state index contributed by atoms with van der Waals surface area (Å²) in [6, 6.07) is 0.316. The van der Waals surface area contributed by atoms with Crippen LogP contribution in [0.4, 0.5) is 0 Å². The van der Waals surface area contributed by atoms with Gasteiger partial charge in [-0.1, -0.05) is 12.1 Å². The van der Waals surface area contributed by atoms with Gasteiger partial charge in [0.2, 0.25) is 5.89 Å². The van der Waals surface area contributed by atoms with Gasteiger partial charge in [-0.2, -0.15) is 4.98 Å². The summed E-state index contributed by atoms with van der Waals surface area (Å²) < 4.78 is 5.43. The lowest BCUT2D eigenvalue weighted by molar-refractivity contribution is 0.323. The molecule has 5 nitrogen and oxygen atoms in total. The van der Waals surface area contributed by atoms with Crippen molar-refractivity contribution in [2.45, 2.75) is 38.1 Å². The van der Waals surface area contributed by atoms with Crippen LogP contribution in [0.2, 0.25) is 0 Å². The van der Waals surface area contributed by atoms with Crippen LogP contribution < -0.4 is 5.32 Å². The molecule has 1 aromatic rings. The Kier molecular flexibility index (Phi) is 3.11. The molecular formula is C12H20N4O.